The van der Waals surface area contributed by atoms with Crippen molar-refractivity contribution in [2.24, 2.45) is 5.92 Å². The van der Waals surface area contributed by atoms with Crippen LogP contribution in [0.1, 0.15) is 38.8 Å². The molecule has 1 aromatic carbocycles. The number of rotatable bonds is 4. The molecule has 4 nitrogen and oxygen atoms in total. The summed E-state index contributed by atoms with van der Waals surface area (Å²) in [5, 5.41) is 6.45. The molecule has 0 saturated carbocycles. The number of thioether (sulfide) groups is 1. The van der Waals surface area contributed by atoms with Crippen LogP contribution in [0.3, 0.4) is 0 Å². The van der Waals surface area contributed by atoms with Gasteiger partial charge in [0.1, 0.15) is 6.04 Å². The highest BCUT2D eigenvalue weighted by Gasteiger charge is 2.28. The number of hydrogen-bond donors (Lipinski definition) is 2. The number of fused-ring (bicyclic) bond motifs is 1. The zero-order chi connectivity index (χ0) is 16.3. The van der Waals surface area contributed by atoms with Crippen molar-refractivity contribution in [3.05, 3.63) is 28.8 Å². The van der Waals surface area contributed by atoms with E-state index in [9.17, 15) is 9.59 Å². The Bertz CT molecular complexity index is 577. The van der Waals surface area contributed by atoms with E-state index in [0.717, 1.165) is 22.6 Å². The van der Waals surface area contributed by atoms with Crippen LogP contribution in [0.2, 0.25) is 5.02 Å². The van der Waals surface area contributed by atoms with Crippen LogP contribution in [0.25, 0.3) is 0 Å². The maximum absolute atomic E-state index is 12.5. The molecule has 6 heteroatoms. The first-order valence-corrected chi connectivity index (χ1v) is 8.74. The van der Waals surface area contributed by atoms with Crippen molar-refractivity contribution < 1.29 is 9.59 Å². The van der Waals surface area contributed by atoms with Gasteiger partial charge in [0.05, 0.1) is 6.04 Å². The van der Waals surface area contributed by atoms with Crippen LogP contribution < -0.4 is 10.6 Å². The molecule has 1 aliphatic heterocycles. The Labute approximate surface area is 140 Å². The SMILES string of the molecule is CC(=O)NC(C(=O)NC1CCSc2ccc(Cl)cc21)C(C)C. The number of benzene rings is 1. The summed E-state index contributed by atoms with van der Waals surface area (Å²) in [6, 6.07) is 5.20. The number of hydrogen-bond acceptors (Lipinski definition) is 3. The van der Waals surface area contributed by atoms with Crippen LogP contribution in [-0.2, 0) is 9.59 Å². The molecular weight excluding hydrogens is 320 g/mol. The zero-order valence-electron chi connectivity index (χ0n) is 13.0. The minimum absolute atomic E-state index is 0.0284. The van der Waals surface area contributed by atoms with E-state index in [1.165, 1.54) is 6.92 Å². The van der Waals surface area contributed by atoms with Crippen molar-refractivity contribution in [3.63, 3.8) is 0 Å². The zero-order valence-corrected chi connectivity index (χ0v) is 14.6. The Kier molecular flexibility index (Phi) is 5.75. The van der Waals surface area contributed by atoms with Gasteiger partial charge in [-0.15, -0.1) is 11.8 Å². The summed E-state index contributed by atoms with van der Waals surface area (Å²) in [5.74, 6) is 0.636. The van der Waals surface area contributed by atoms with Gasteiger partial charge in [-0.25, -0.2) is 0 Å². The fourth-order valence-corrected chi connectivity index (χ4v) is 3.82. The van der Waals surface area contributed by atoms with Gasteiger partial charge in [0.15, 0.2) is 0 Å². The Morgan fingerprint density at radius 3 is 2.73 bits per heavy atom. The third-order valence-corrected chi connectivity index (χ3v) is 4.99. The average molecular weight is 341 g/mol. The van der Waals surface area contributed by atoms with Gasteiger partial charge in [0.2, 0.25) is 11.8 Å². The van der Waals surface area contributed by atoms with E-state index in [1.54, 1.807) is 11.8 Å². The van der Waals surface area contributed by atoms with Crippen molar-refractivity contribution >= 4 is 35.2 Å². The Morgan fingerprint density at radius 1 is 1.36 bits per heavy atom. The highest BCUT2D eigenvalue weighted by molar-refractivity contribution is 7.99. The number of halogens is 1. The molecule has 1 heterocycles. The van der Waals surface area contributed by atoms with Crippen molar-refractivity contribution in [1.82, 2.24) is 10.6 Å². The lowest BCUT2D eigenvalue weighted by molar-refractivity contribution is -0.129. The van der Waals surface area contributed by atoms with E-state index in [-0.39, 0.29) is 23.8 Å². The fraction of sp³-hybridized carbons (Fsp3) is 0.500. The molecule has 2 amide bonds. The molecule has 0 bridgehead atoms. The van der Waals surface area contributed by atoms with E-state index in [4.69, 9.17) is 11.6 Å². The lowest BCUT2D eigenvalue weighted by Gasteiger charge is -2.29. The second-order valence-electron chi connectivity index (χ2n) is 5.80. The highest BCUT2D eigenvalue weighted by Crippen LogP contribution is 2.37. The first-order chi connectivity index (χ1) is 10.4. The van der Waals surface area contributed by atoms with Gasteiger partial charge in [-0.05, 0) is 36.1 Å². The monoisotopic (exact) mass is 340 g/mol. The summed E-state index contributed by atoms with van der Waals surface area (Å²) in [7, 11) is 0. The maximum atomic E-state index is 12.5. The Balaban J connectivity index is 2.15. The normalized spacial score (nSPS) is 18.5. The lowest BCUT2D eigenvalue weighted by atomic mass is 10.00. The molecule has 0 aliphatic carbocycles. The molecule has 1 aromatic rings. The predicted molar refractivity (Wildman–Crippen MR) is 90.1 cm³/mol. The van der Waals surface area contributed by atoms with E-state index in [1.807, 2.05) is 32.0 Å². The largest absolute Gasteiger partial charge is 0.347 e. The lowest BCUT2D eigenvalue weighted by Crippen LogP contribution is -2.50. The van der Waals surface area contributed by atoms with Crippen molar-refractivity contribution in [3.8, 4) is 0 Å². The highest BCUT2D eigenvalue weighted by atomic mass is 35.5. The van der Waals surface area contributed by atoms with E-state index in [2.05, 4.69) is 10.6 Å². The molecule has 0 spiro atoms. The van der Waals surface area contributed by atoms with Gasteiger partial charge in [0.25, 0.3) is 0 Å². The topological polar surface area (TPSA) is 58.2 Å². The van der Waals surface area contributed by atoms with Crippen LogP contribution in [0, 0.1) is 5.92 Å². The van der Waals surface area contributed by atoms with Crippen LogP contribution in [0.4, 0.5) is 0 Å². The van der Waals surface area contributed by atoms with Gasteiger partial charge >= 0.3 is 0 Å². The number of amides is 2. The summed E-state index contributed by atoms with van der Waals surface area (Å²) in [6.07, 6.45) is 0.856. The predicted octanol–water partition coefficient (Wildman–Crippen LogP) is 3.15. The smallest absolute Gasteiger partial charge is 0.243 e. The van der Waals surface area contributed by atoms with Crippen LogP contribution >= 0.6 is 23.4 Å². The van der Waals surface area contributed by atoms with Gasteiger partial charge in [-0.1, -0.05) is 25.4 Å². The van der Waals surface area contributed by atoms with E-state index in [0.29, 0.717) is 5.02 Å². The summed E-state index contributed by atoms with van der Waals surface area (Å²) in [5.41, 5.74) is 1.06. The summed E-state index contributed by atoms with van der Waals surface area (Å²) in [4.78, 5) is 25.0. The molecule has 120 valence electrons. The molecule has 22 heavy (non-hydrogen) atoms. The summed E-state index contributed by atoms with van der Waals surface area (Å²) in [6.45, 7) is 5.26. The third kappa shape index (κ3) is 4.17. The van der Waals surface area contributed by atoms with Crippen molar-refractivity contribution in [1.29, 1.82) is 0 Å². The van der Waals surface area contributed by atoms with Gasteiger partial charge < -0.3 is 10.6 Å². The van der Waals surface area contributed by atoms with Gasteiger partial charge in [-0.2, -0.15) is 0 Å². The van der Waals surface area contributed by atoms with Gasteiger partial charge in [-0.3, -0.25) is 9.59 Å². The van der Waals surface area contributed by atoms with E-state index >= 15 is 0 Å². The molecule has 0 radical (unpaired) electrons. The first kappa shape index (κ1) is 17.2. The molecule has 2 rings (SSSR count). The third-order valence-electron chi connectivity index (χ3n) is 3.64. The van der Waals surface area contributed by atoms with Gasteiger partial charge in [0, 0.05) is 22.6 Å². The molecule has 2 N–H and O–H groups in total. The molecular formula is C16H21ClN2O2S. The van der Waals surface area contributed by atoms with E-state index < -0.39 is 6.04 Å². The second kappa shape index (κ2) is 7.38. The second-order valence-corrected chi connectivity index (χ2v) is 7.38. The summed E-state index contributed by atoms with van der Waals surface area (Å²) < 4.78 is 0. The first-order valence-electron chi connectivity index (χ1n) is 7.38. The van der Waals surface area contributed by atoms with Crippen LogP contribution in [-0.4, -0.2) is 23.6 Å². The quantitative estimate of drug-likeness (QED) is 0.885. The molecule has 1 aliphatic rings. The fourth-order valence-electron chi connectivity index (χ4n) is 2.53. The Hall–Kier alpha value is -1.20. The number of carbonyl (C=O) groups is 2. The molecule has 2 atom stereocenters. The molecule has 0 saturated heterocycles. The summed E-state index contributed by atoms with van der Waals surface area (Å²) >= 11 is 7.86. The Morgan fingerprint density at radius 2 is 2.09 bits per heavy atom. The number of nitrogens with one attached hydrogen (secondary N) is 2. The van der Waals surface area contributed by atoms with Crippen LogP contribution in [0.5, 0.6) is 0 Å². The number of carbonyl (C=O) groups excluding carboxylic acids is 2. The molecule has 0 aromatic heterocycles. The molecule has 0 fully saturated rings. The molecule has 2 unspecified atom stereocenters. The van der Waals surface area contributed by atoms with Crippen molar-refractivity contribution in [2.75, 3.05) is 5.75 Å². The minimum Gasteiger partial charge on any atom is -0.347 e. The average Bonchev–Trinajstić information content (AvgIpc) is 2.44. The maximum Gasteiger partial charge on any atom is 0.243 e. The van der Waals surface area contributed by atoms with Crippen LogP contribution in [0.15, 0.2) is 23.1 Å². The van der Waals surface area contributed by atoms with Crippen molar-refractivity contribution in [2.45, 2.75) is 44.2 Å². The standard InChI is InChI=1S/C16H21ClN2O2S/c1-9(2)15(18-10(3)20)16(21)19-13-6-7-22-14-5-4-11(17)8-12(13)14/h4-5,8-9,13,15H,6-7H2,1-3H3,(H,18,20)(H,19,21). The minimum atomic E-state index is -0.519.